The summed E-state index contributed by atoms with van der Waals surface area (Å²) in [6.45, 7) is 13.3. The molecular weight excluding hydrogens is 316 g/mol. The molecule has 0 atom stereocenters. The Labute approximate surface area is 143 Å². The molecule has 0 unspecified atom stereocenters. The molecule has 0 aromatic heterocycles. The molecule has 0 N–H and O–H groups in total. The van der Waals surface area contributed by atoms with Crippen LogP contribution in [0.1, 0.15) is 40.5 Å². The Morgan fingerprint density at radius 3 is 1.26 bits per heavy atom. The number of ether oxygens (including phenoxy) is 3. The second-order valence-corrected chi connectivity index (χ2v) is 7.65. The second kappa shape index (κ2) is 16.8. The van der Waals surface area contributed by atoms with Gasteiger partial charge in [0.15, 0.2) is 0 Å². The van der Waals surface area contributed by atoms with Gasteiger partial charge in [0.2, 0.25) is 0 Å². The molecule has 0 amide bonds. The van der Waals surface area contributed by atoms with Gasteiger partial charge in [0.25, 0.3) is 0 Å². The summed E-state index contributed by atoms with van der Waals surface area (Å²) in [6.07, 6.45) is 2.09. The Hall–Kier alpha value is -0.0231. The van der Waals surface area contributed by atoms with Crippen LogP contribution in [0.3, 0.4) is 0 Å². The van der Waals surface area contributed by atoms with E-state index >= 15 is 0 Å². The van der Waals surface area contributed by atoms with Gasteiger partial charge in [-0.15, -0.1) is 0 Å². The van der Waals surface area contributed by atoms with E-state index in [2.05, 4.69) is 6.92 Å². The number of hydrogen-bond donors (Lipinski definition) is 0. The zero-order chi connectivity index (χ0) is 17.2. The molecule has 0 saturated carbocycles. The van der Waals surface area contributed by atoms with Crippen LogP contribution < -0.4 is 0 Å². The van der Waals surface area contributed by atoms with Crippen molar-refractivity contribution < 1.29 is 27.5 Å². The minimum atomic E-state index is -2.71. The first-order valence-electron chi connectivity index (χ1n) is 8.89. The van der Waals surface area contributed by atoms with Crippen LogP contribution in [-0.4, -0.2) is 68.3 Å². The third-order valence-electron chi connectivity index (χ3n) is 3.10. The second-order valence-electron chi connectivity index (χ2n) is 4.92. The highest BCUT2D eigenvalue weighted by atomic mass is 28.4. The smallest absolute Gasteiger partial charge is 0.379 e. The summed E-state index contributed by atoms with van der Waals surface area (Å²) in [6, 6.07) is 0.813. The van der Waals surface area contributed by atoms with E-state index in [-0.39, 0.29) is 0 Å². The minimum Gasteiger partial charge on any atom is -0.379 e. The third-order valence-corrected chi connectivity index (χ3v) is 6.00. The SMILES string of the molecule is CCCC[Si](OCCOCC)(OCCOCC)OCCOCC. The lowest BCUT2D eigenvalue weighted by atomic mass is 10.4. The summed E-state index contributed by atoms with van der Waals surface area (Å²) in [5.41, 5.74) is 0. The van der Waals surface area contributed by atoms with Gasteiger partial charge in [0.05, 0.1) is 39.6 Å². The maximum absolute atomic E-state index is 6.05. The Kier molecular flexibility index (Phi) is 16.8. The first-order valence-corrected chi connectivity index (χ1v) is 10.8. The van der Waals surface area contributed by atoms with Crippen LogP contribution >= 0.6 is 0 Å². The van der Waals surface area contributed by atoms with E-state index in [1.807, 2.05) is 20.8 Å². The van der Waals surface area contributed by atoms with E-state index in [0.717, 1.165) is 18.9 Å². The van der Waals surface area contributed by atoms with E-state index in [4.69, 9.17) is 27.5 Å². The summed E-state index contributed by atoms with van der Waals surface area (Å²) >= 11 is 0. The largest absolute Gasteiger partial charge is 0.501 e. The van der Waals surface area contributed by atoms with Gasteiger partial charge in [-0.2, -0.15) is 0 Å². The molecule has 0 aromatic rings. The Balaban J connectivity index is 4.51. The lowest BCUT2D eigenvalue weighted by Gasteiger charge is -2.29. The molecular formula is C16H36O6Si. The fourth-order valence-electron chi connectivity index (χ4n) is 1.94. The fraction of sp³-hybridized carbons (Fsp3) is 1.00. The normalized spacial score (nSPS) is 12.0. The molecule has 6 nitrogen and oxygen atoms in total. The fourth-order valence-corrected chi connectivity index (χ4v) is 4.59. The van der Waals surface area contributed by atoms with Crippen molar-refractivity contribution in [3.8, 4) is 0 Å². The molecule has 0 aromatic carbocycles. The molecule has 0 saturated heterocycles. The van der Waals surface area contributed by atoms with Crippen LogP contribution in [0.2, 0.25) is 6.04 Å². The predicted molar refractivity (Wildman–Crippen MR) is 92.8 cm³/mol. The predicted octanol–water partition coefficient (Wildman–Crippen LogP) is 2.88. The topological polar surface area (TPSA) is 55.4 Å². The van der Waals surface area contributed by atoms with Crippen LogP contribution in [0.5, 0.6) is 0 Å². The summed E-state index contributed by atoms with van der Waals surface area (Å²) in [5, 5.41) is 0. The molecule has 0 rings (SSSR count). The first kappa shape index (κ1) is 23.0. The highest BCUT2D eigenvalue weighted by molar-refractivity contribution is 6.60. The zero-order valence-electron chi connectivity index (χ0n) is 15.4. The van der Waals surface area contributed by atoms with Crippen molar-refractivity contribution in [3.05, 3.63) is 0 Å². The van der Waals surface area contributed by atoms with Crippen LogP contribution in [-0.2, 0) is 27.5 Å². The van der Waals surface area contributed by atoms with Gasteiger partial charge >= 0.3 is 8.80 Å². The Morgan fingerprint density at radius 2 is 0.957 bits per heavy atom. The van der Waals surface area contributed by atoms with Crippen LogP contribution in [0, 0.1) is 0 Å². The lowest BCUT2D eigenvalue weighted by molar-refractivity contribution is 0.00324. The Bertz CT molecular complexity index is 211. The first-order chi connectivity index (χ1) is 11.2. The summed E-state index contributed by atoms with van der Waals surface area (Å²) in [4.78, 5) is 0. The standard InChI is InChI=1S/C16H36O6Si/c1-5-9-16-23(20-13-10-17-6-2,21-14-11-18-7-3)22-15-12-19-8-4/h5-16H2,1-4H3. The number of hydrogen-bond acceptors (Lipinski definition) is 6. The van der Waals surface area contributed by atoms with Crippen molar-refractivity contribution in [1.82, 2.24) is 0 Å². The maximum atomic E-state index is 6.05. The molecule has 140 valence electrons. The van der Waals surface area contributed by atoms with E-state index < -0.39 is 8.80 Å². The van der Waals surface area contributed by atoms with Gasteiger partial charge in [-0.25, -0.2) is 0 Å². The van der Waals surface area contributed by atoms with Gasteiger partial charge in [-0.3, -0.25) is 0 Å². The van der Waals surface area contributed by atoms with Crippen LogP contribution in [0.15, 0.2) is 0 Å². The van der Waals surface area contributed by atoms with E-state index in [1.165, 1.54) is 0 Å². The number of unbranched alkanes of at least 4 members (excludes halogenated alkanes) is 1. The minimum absolute atomic E-state index is 0.493. The van der Waals surface area contributed by atoms with Crippen LogP contribution in [0.4, 0.5) is 0 Å². The highest BCUT2D eigenvalue weighted by Crippen LogP contribution is 2.19. The van der Waals surface area contributed by atoms with Gasteiger partial charge in [0.1, 0.15) is 0 Å². The average Bonchev–Trinajstić information content (AvgIpc) is 2.57. The lowest BCUT2D eigenvalue weighted by Crippen LogP contribution is -2.48. The Morgan fingerprint density at radius 1 is 0.565 bits per heavy atom. The monoisotopic (exact) mass is 352 g/mol. The van der Waals surface area contributed by atoms with Crippen molar-refractivity contribution in [2.45, 2.75) is 46.6 Å². The quantitative estimate of drug-likeness (QED) is 0.279. The van der Waals surface area contributed by atoms with Gasteiger partial charge < -0.3 is 27.5 Å². The summed E-state index contributed by atoms with van der Waals surface area (Å²) < 4.78 is 34.2. The molecule has 0 bridgehead atoms. The van der Waals surface area contributed by atoms with Crippen molar-refractivity contribution >= 4 is 8.80 Å². The third kappa shape index (κ3) is 13.0. The molecule has 0 heterocycles. The molecule has 0 spiro atoms. The molecule has 0 aliphatic carbocycles. The molecule has 0 aliphatic heterocycles. The van der Waals surface area contributed by atoms with Crippen molar-refractivity contribution in [2.24, 2.45) is 0 Å². The number of rotatable bonds is 18. The highest BCUT2D eigenvalue weighted by Gasteiger charge is 2.40. The van der Waals surface area contributed by atoms with E-state index in [1.54, 1.807) is 0 Å². The average molecular weight is 353 g/mol. The molecule has 7 heteroatoms. The van der Waals surface area contributed by atoms with E-state index in [0.29, 0.717) is 59.5 Å². The van der Waals surface area contributed by atoms with Crippen molar-refractivity contribution in [3.63, 3.8) is 0 Å². The molecule has 0 fully saturated rings. The summed E-state index contributed by atoms with van der Waals surface area (Å²) in [5.74, 6) is 0. The maximum Gasteiger partial charge on any atom is 0.501 e. The van der Waals surface area contributed by atoms with Crippen LogP contribution in [0.25, 0.3) is 0 Å². The molecule has 0 radical (unpaired) electrons. The van der Waals surface area contributed by atoms with E-state index in [9.17, 15) is 0 Å². The molecule has 0 aliphatic rings. The summed E-state index contributed by atoms with van der Waals surface area (Å²) in [7, 11) is -2.71. The van der Waals surface area contributed by atoms with Gasteiger partial charge in [-0.05, 0) is 27.2 Å². The van der Waals surface area contributed by atoms with Gasteiger partial charge in [-0.1, -0.05) is 13.3 Å². The van der Waals surface area contributed by atoms with Gasteiger partial charge in [0, 0.05) is 25.9 Å². The zero-order valence-corrected chi connectivity index (χ0v) is 16.4. The van der Waals surface area contributed by atoms with Crippen molar-refractivity contribution in [1.29, 1.82) is 0 Å². The molecule has 23 heavy (non-hydrogen) atoms. The van der Waals surface area contributed by atoms with Crippen molar-refractivity contribution in [2.75, 3.05) is 59.5 Å².